The molecule has 2 heterocycles. The van der Waals surface area contributed by atoms with Gasteiger partial charge in [-0.25, -0.2) is 0 Å². The molecule has 0 aliphatic carbocycles. The van der Waals surface area contributed by atoms with Crippen molar-refractivity contribution < 1.29 is 14.1 Å². The molecule has 1 N–H and O–H groups in total. The number of carbonyl (C=O) groups excluding carboxylic acids is 1. The van der Waals surface area contributed by atoms with Crippen LogP contribution in [0.15, 0.2) is 71.3 Å². The molecule has 0 spiro atoms. The number of anilines is 1. The smallest absolute Gasteiger partial charge is 0.269 e. The molecule has 3 aromatic rings. The number of furan rings is 1. The molecule has 0 unspecified atom stereocenters. The number of nitrogens with one attached hydrogen (secondary N) is 1. The van der Waals surface area contributed by atoms with Crippen molar-refractivity contribution in [1.82, 2.24) is 9.80 Å². The Kier molecular flexibility index (Phi) is 6.40. The van der Waals surface area contributed by atoms with E-state index in [1.807, 2.05) is 36.4 Å². The molecule has 0 saturated carbocycles. The lowest BCUT2D eigenvalue weighted by molar-refractivity contribution is -0.384. The van der Waals surface area contributed by atoms with Gasteiger partial charge in [0.1, 0.15) is 5.76 Å². The van der Waals surface area contributed by atoms with Gasteiger partial charge < -0.3 is 9.73 Å². The lowest BCUT2D eigenvalue weighted by Gasteiger charge is -2.34. The zero-order valence-corrected chi connectivity index (χ0v) is 17.1. The fourth-order valence-corrected chi connectivity index (χ4v) is 3.62. The van der Waals surface area contributed by atoms with Crippen LogP contribution in [-0.2, 0) is 13.1 Å². The van der Waals surface area contributed by atoms with Gasteiger partial charge in [0.15, 0.2) is 0 Å². The highest BCUT2D eigenvalue weighted by Crippen LogP contribution is 2.17. The molecule has 0 radical (unpaired) electrons. The summed E-state index contributed by atoms with van der Waals surface area (Å²) in [6, 6.07) is 17.3. The molecule has 1 aliphatic rings. The fraction of sp³-hybridized carbons (Fsp3) is 0.261. The predicted molar refractivity (Wildman–Crippen MR) is 117 cm³/mol. The number of hydrogen-bond acceptors (Lipinski definition) is 6. The fourth-order valence-electron chi connectivity index (χ4n) is 3.62. The van der Waals surface area contributed by atoms with E-state index in [9.17, 15) is 14.9 Å². The Bertz CT molecular complexity index is 1010. The van der Waals surface area contributed by atoms with Crippen LogP contribution in [0.4, 0.5) is 11.4 Å². The quantitative estimate of drug-likeness (QED) is 0.462. The second kappa shape index (κ2) is 9.55. The number of nitro groups is 1. The topological polar surface area (TPSA) is 91.9 Å². The van der Waals surface area contributed by atoms with Crippen molar-refractivity contribution >= 4 is 17.3 Å². The Morgan fingerprint density at radius 1 is 0.935 bits per heavy atom. The Hall–Kier alpha value is -3.49. The largest absolute Gasteiger partial charge is 0.468 e. The normalized spacial score (nSPS) is 15.0. The van der Waals surface area contributed by atoms with E-state index in [1.165, 1.54) is 29.8 Å². The maximum atomic E-state index is 12.3. The minimum atomic E-state index is -0.487. The van der Waals surface area contributed by atoms with Gasteiger partial charge in [0.05, 0.1) is 17.7 Å². The van der Waals surface area contributed by atoms with Crippen molar-refractivity contribution in [2.75, 3.05) is 31.5 Å². The summed E-state index contributed by atoms with van der Waals surface area (Å²) in [5.74, 6) is 0.704. The first kappa shape index (κ1) is 20.8. The van der Waals surface area contributed by atoms with Gasteiger partial charge in [0.25, 0.3) is 11.6 Å². The van der Waals surface area contributed by atoms with Crippen molar-refractivity contribution in [2.24, 2.45) is 0 Å². The average Bonchev–Trinajstić information content (AvgIpc) is 3.29. The molecule has 0 atom stereocenters. The molecule has 1 aromatic heterocycles. The van der Waals surface area contributed by atoms with E-state index < -0.39 is 4.92 Å². The Labute approximate surface area is 180 Å². The van der Waals surface area contributed by atoms with E-state index in [2.05, 4.69) is 15.1 Å². The number of rotatable bonds is 7. The highest BCUT2D eigenvalue weighted by Gasteiger charge is 2.18. The van der Waals surface area contributed by atoms with Crippen molar-refractivity contribution in [3.05, 3.63) is 93.9 Å². The molecule has 8 heteroatoms. The van der Waals surface area contributed by atoms with Crippen molar-refractivity contribution in [3.8, 4) is 0 Å². The average molecular weight is 420 g/mol. The van der Waals surface area contributed by atoms with Crippen LogP contribution in [0.2, 0.25) is 0 Å². The van der Waals surface area contributed by atoms with Crippen molar-refractivity contribution in [1.29, 1.82) is 0 Å². The second-order valence-electron chi connectivity index (χ2n) is 7.59. The van der Waals surface area contributed by atoms with Gasteiger partial charge in [-0.05, 0) is 42.0 Å². The van der Waals surface area contributed by atoms with Crippen molar-refractivity contribution in [2.45, 2.75) is 13.1 Å². The van der Waals surface area contributed by atoms with Crippen LogP contribution >= 0.6 is 0 Å². The minimum absolute atomic E-state index is 0.0392. The molecular formula is C23H24N4O4. The standard InChI is InChI=1S/C23H24N4O4/c28-23(19-5-9-21(10-6-19)27(29)30)24-20-7-3-18(4-8-20)16-25-11-13-26(14-12-25)17-22-2-1-15-31-22/h1-10,15H,11-14,16-17H2,(H,24,28). The summed E-state index contributed by atoms with van der Waals surface area (Å²) in [5.41, 5.74) is 2.22. The van der Waals surface area contributed by atoms with Crippen molar-refractivity contribution in [3.63, 3.8) is 0 Å². The number of piperazine rings is 1. The summed E-state index contributed by atoms with van der Waals surface area (Å²) in [4.78, 5) is 27.4. The summed E-state index contributed by atoms with van der Waals surface area (Å²) < 4.78 is 5.43. The van der Waals surface area contributed by atoms with E-state index >= 15 is 0 Å². The van der Waals surface area contributed by atoms with E-state index in [1.54, 1.807) is 6.26 Å². The van der Waals surface area contributed by atoms with Crippen LogP contribution in [-0.4, -0.2) is 46.8 Å². The molecule has 1 aliphatic heterocycles. The Morgan fingerprint density at radius 2 is 1.58 bits per heavy atom. The van der Waals surface area contributed by atoms with Gasteiger partial charge in [0.2, 0.25) is 0 Å². The lowest BCUT2D eigenvalue weighted by atomic mass is 10.1. The zero-order valence-electron chi connectivity index (χ0n) is 17.1. The van der Waals surface area contributed by atoms with Gasteiger partial charge in [-0.3, -0.25) is 24.7 Å². The number of benzene rings is 2. The molecule has 2 aromatic carbocycles. The Balaban J connectivity index is 1.25. The molecule has 1 amide bonds. The highest BCUT2D eigenvalue weighted by molar-refractivity contribution is 6.04. The lowest BCUT2D eigenvalue weighted by Crippen LogP contribution is -2.45. The summed E-state index contributed by atoms with van der Waals surface area (Å²) in [7, 11) is 0. The number of amides is 1. The first-order chi connectivity index (χ1) is 15.1. The number of nitro benzene ring substituents is 1. The highest BCUT2D eigenvalue weighted by atomic mass is 16.6. The summed E-state index contributed by atoms with van der Waals surface area (Å²) in [6.07, 6.45) is 1.71. The van der Waals surface area contributed by atoms with E-state index in [0.29, 0.717) is 11.3 Å². The van der Waals surface area contributed by atoms with Gasteiger partial charge in [0, 0.05) is 56.1 Å². The molecular weight excluding hydrogens is 396 g/mol. The van der Waals surface area contributed by atoms with Crippen LogP contribution in [0.5, 0.6) is 0 Å². The second-order valence-corrected chi connectivity index (χ2v) is 7.59. The summed E-state index contributed by atoms with van der Waals surface area (Å²) >= 11 is 0. The monoisotopic (exact) mass is 420 g/mol. The third-order valence-corrected chi connectivity index (χ3v) is 5.38. The minimum Gasteiger partial charge on any atom is -0.468 e. The van der Waals surface area contributed by atoms with Crippen LogP contribution in [0.25, 0.3) is 0 Å². The first-order valence-electron chi connectivity index (χ1n) is 10.2. The number of carbonyl (C=O) groups is 1. The summed E-state index contributed by atoms with van der Waals surface area (Å²) in [6.45, 7) is 5.72. The van der Waals surface area contributed by atoms with Gasteiger partial charge in [-0.15, -0.1) is 0 Å². The number of nitrogens with zero attached hydrogens (tertiary/aromatic N) is 3. The van der Waals surface area contributed by atoms with Gasteiger partial charge in [-0.2, -0.15) is 0 Å². The molecule has 0 bridgehead atoms. The zero-order chi connectivity index (χ0) is 21.6. The van der Waals surface area contributed by atoms with Crippen LogP contribution in [0.1, 0.15) is 21.7 Å². The molecule has 1 fully saturated rings. The third kappa shape index (κ3) is 5.56. The van der Waals surface area contributed by atoms with Crippen LogP contribution in [0, 0.1) is 10.1 Å². The number of hydrogen-bond donors (Lipinski definition) is 1. The van der Waals surface area contributed by atoms with E-state index in [-0.39, 0.29) is 11.6 Å². The molecule has 1 saturated heterocycles. The predicted octanol–water partition coefficient (Wildman–Crippen LogP) is 3.76. The van der Waals surface area contributed by atoms with Crippen LogP contribution < -0.4 is 5.32 Å². The number of non-ortho nitro benzene ring substituents is 1. The maximum Gasteiger partial charge on any atom is 0.269 e. The first-order valence-corrected chi connectivity index (χ1v) is 10.2. The molecule has 160 valence electrons. The van der Waals surface area contributed by atoms with Crippen LogP contribution in [0.3, 0.4) is 0 Å². The Morgan fingerprint density at radius 3 is 2.16 bits per heavy atom. The van der Waals surface area contributed by atoms with Gasteiger partial charge >= 0.3 is 0 Å². The molecule has 8 nitrogen and oxygen atoms in total. The van der Waals surface area contributed by atoms with E-state index in [4.69, 9.17) is 4.42 Å². The maximum absolute atomic E-state index is 12.3. The van der Waals surface area contributed by atoms with E-state index in [0.717, 1.165) is 45.0 Å². The summed E-state index contributed by atoms with van der Waals surface area (Å²) in [5, 5.41) is 13.5. The molecule has 31 heavy (non-hydrogen) atoms. The molecule has 4 rings (SSSR count). The third-order valence-electron chi connectivity index (χ3n) is 5.38. The SMILES string of the molecule is O=C(Nc1ccc(CN2CCN(Cc3ccco3)CC2)cc1)c1ccc([N+](=O)[O-])cc1. The van der Waals surface area contributed by atoms with Gasteiger partial charge in [-0.1, -0.05) is 12.1 Å².